The molecule has 5 nitrogen and oxygen atoms in total. The monoisotopic (exact) mass is 374 g/mol. The summed E-state index contributed by atoms with van der Waals surface area (Å²) in [5.41, 5.74) is 4.65. The van der Waals surface area contributed by atoms with Crippen molar-refractivity contribution in [1.29, 1.82) is 0 Å². The first-order chi connectivity index (χ1) is 13.1. The second kappa shape index (κ2) is 7.32. The maximum absolute atomic E-state index is 12.2. The molecule has 6 heteroatoms. The molecule has 0 aliphatic carbocycles. The summed E-state index contributed by atoms with van der Waals surface area (Å²) in [6, 6.07) is 17.6. The minimum absolute atomic E-state index is 0.123. The van der Waals surface area contributed by atoms with Crippen LogP contribution in [0.15, 0.2) is 64.5 Å². The minimum atomic E-state index is -0.123. The van der Waals surface area contributed by atoms with Gasteiger partial charge in [0.1, 0.15) is 5.82 Å². The fourth-order valence-electron chi connectivity index (χ4n) is 2.81. The van der Waals surface area contributed by atoms with Crippen molar-refractivity contribution in [3.63, 3.8) is 0 Å². The van der Waals surface area contributed by atoms with Crippen molar-refractivity contribution in [2.24, 2.45) is 0 Å². The van der Waals surface area contributed by atoms with E-state index in [-0.39, 0.29) is 5.56 Å². The van der Waals surface area contributed by atoms with Gasteiger partial charge in [-0.05, 0) is 32.0 Å². The Morgan fingerprint density at radius 2 is 1.74 bits per heavy atom. The first kappa shape index (κ1) is 17.4. The van der Waals surface area contributed by atoms with E-state index in [1.165, 1.54) is 17.3 Å². The third kappa shape index (κ3) is 3.90. The first-order valence-corrected chi connectivity index (χ1v) is 9.60. The maximum atomic E-state index is 12.2. The van der Waals surface area contributed by atoms with E-state index in [2.05, 4.69) is 51.1 Å². The molecule has 2 heterocycles. The zero-order valence-corrected chi connectivity index (χ0v) is 15.9. The molecule has 0 fully saturated rings. The number of nitrogens with zero attached hydrogens (tertiary/aromatic N) is 3. The van der Waals surface area contributed by atoms with E-state index in [0.717, 1.165) is 17.0 Å². The highest BCUT2D eigenvalue weighted by Crippen LogP contribution is 2.23. The molecule has 134 valence electrons. The Hall–Kier alpha value is -2.99. The molecule has 1 N–H and O–H groups in total. The van der Waals surface area contributed by atoms with E-state index in [1.54, 1.807) is 6.07 Å². The topological polar surface area (TPSA) is 71.5 Å². The van der Waals surface area contributed by atoms with Gasteiger partial charge in [-0.2, -0.15) is 0 Å². The second-order valence-corrected chi connectivity index (χ2v) is 7.30. The molecular formula is C21H18N4OS. The summed E-state index contributed by atoms with van der Waals surface area (Å²) in [7, 11) is 0. The molecule has 0 saturated heterocycles. The number of aromatic nitrogens is 4. The van der Waals surface area contributed by atoms with Crippen molar-refractivity contribution >= 4 is 22.7 Å². The van der Waals surface area contributed by atoms with Crippen LogP contribution in [0.1, 0.15) is 17.1 Å². The molecule has 0 bridgehead atoms. The maximum Gasteiger partial charge on any atom is 0.258 e. The van der Waals surface area contributed by atoms with Crippen LogP contribution >= 0.6 is 11.8 Å². The summed E-state index contributed by atoms with van der Waals surface area (Å²) in [5.74, 6) is 1.11. The van der Waals surface area contributed by atoms with Crippen LogP contribution in [0.2, 0.25) is 0 Å². The lowest BCUT2D eigenvalue weighted by Crippen LogP contribution is -2.11. The Kier molecular flexibility index (Phi) is 4.73. The lowest BCUT2D eigenvalue weighted by Gasteiger charge is -2.07. The van der Waals surface area contributed by atoms with E-state index in [1.807, 2.05) is 31.2 Å². The summed E-state index contributed by atoms with van der Waals surface area (Å²) in [6.45, 7) is 4.02. The number of para-hydroxylation sites is 1. The van der Waals surface area contributed by atoms with Crippen LogP contribution in [0.5, 0.6) is 0 Å². The van der Waals surface area contributed by atoms with Gasteiger partial charge in [0.2, 0.25) is 0 Å². The zero-order chi connectivity index (χ0) is 18.8. The van der Waals surface area contributed by atoms with E-state index in [9.17, 15) is 4.79 Å². The molecule has 0 aliphatic rings. The molecule has 0 radical (unpaired) electrons. The Bertz CT molecular complexity index is 1170. The molecule has 0 amide bonds. The molecule has 4 rings (SSSR count). The van der Waals surface area contributed by atoms with Gasteiger partial charge in [-0.25, -0.2) is 15.0 Å². The van der Waals surface area contributed by atoms with Crippen molar-refractivity contribution in [2.45, 2.75) is 24.8 Å². The molecule has 4 aromatic rings. The third-order valence-corrected chi connectivity index (χ3v) is 5.04. The predicted octanol–water partition coefficient (Wildman–Crippen LogP) is 4.29. The van der Waals surface area contributed by atoms with E-state index in [0.29, 0.717) is 27.6 Å². The van der Waals surface area contributed by atoms with Crippen LogP contribution in [0.3, 0.4) is 0 Å². The van der Waals surface area contributed by atoms with Gasteiger partial charge < -0.3 is 4.98 Å². The number of fused-ring (bicyclic) bond motifs is 1. The van der Waals surface area contributed by atoms with Gasteiger partial charge in [0.05, 0.1) is 22.3 Å². The van der Waals surface area contributed by atoms with Crippen LogP contribution in [0.25, 0.3) is 22.2 Å². The molecule has 0 atom stereocenters. The molecule has 0 spiro atoms. The molecule has 2 aromatic heterocycles. The van der Waals surface area contributed by atoms with Crippen LogP contribution in [0, 0.1) is 13.8 Å². The minimum Gasteiger partial charge on any atom is -0.309 e. The lowest BCUT2D eigenvalue weighted by molar-refractivity contribution is 0.932. The number of nitrogens with one attached hydrogen (secondary N) is 1. The molecule has 2 aromatic carbocycles. The molecule has 0 saturated carbocycles. The number of rotatable bonds is 4. The van der Waals surface area contributed by atoms with Gasteiger partial charge in [0, 0.05) is 11.3 Å². The second-order valence-electron chi connectivity index (χ2n) is 6.36. The SMILES string of the molecule is Cc1ccc(-c2cc(C)nc(SCc3nc4ccccc4c(=O)[nH]3)n2)cc1. The van der Waals surface area contributed by atoms with Crippen LogP contribution in [-0.2, 0) is 5.75 Å². The highest BCUT2D eigenvalue weighted by molar-refractivity contribution is 7.98. The quantitative estimate of drug-likeness (QED) is 0.426. The summed E-state index contributed by atoms with van der Waals surface area (Å²) >= 11 is 1.46. The van der Waals surface area contributed by atoms with E-state index < -0.39 is 0 Å². The molecule has 0 aliphatic heterocycles. The van der Waals surface area contributed by atoms with Crippen molar-refractivity contribution in [3.8, 4) is 11.3 Å². The lowest BCUT2D eigenvalue weighted by atomic mass is 10.1. The van der Waals surface area contributed by atoms with E-state index >= 15 is 0 Å². The summed E-state index contributed by atoms with van der Waals surface area (Å²) in [5, 5.41) is 1.26. The van der Waals surface area contributed by atoms with Gasteiger partial charge in [-0.15, -0.1) is 0 Å². The number of hydrogen-bond acceptors (Lipinski definition) is 5. The average molecular weight is 374 g/mol. The Balaban J connectivity index is 1.60. The van der Waals surface area contributed by atoms with Crippen molar-refractivity contribution in [3.05, 3.63) is 82.0 Å². The first-order valence-electron chi connectivity index (χ1n) is 8.62. The number of aryl methyl sites for hydroxylation is 2. The summed E-state index contributed by atoms with van der Waals surface area (Å²) in [6.07, 6.45) is 0. The molecular weight excluding hydrogens is 356 g/mol. The van der Waals surface area contributed by atoms with E-state index in [4.69, 9.17) is 0 Å². The standard InChI is InChI=1S/C21H18N4OS/c1-13-7-9-15(10-8-13)18-11-14(2)22-21(24-18)27-12-19-23-17-6-4-3-5-16(17)20(26)25-19/h3-11H,12H2,1-2H3,(H,23,25,26). The van der Waals surface area contributed by atoms with Crippen molar-refractivity contribution in [1.82, 2.24) is 19.9 Å². The van der Waals surface area contributed by atoms with Gasteiger partial charge in [-0.3, -0.25) is 4.79 Å². The summed E-state index contributed by atoms with van der Waals surface area (Å²) in [4.78, 5) is 28.7. The Morgan fingerprint density at radius 3 is 2.56 bits per heavy atom. The number of hydrogen-bond donors (Lipinski definition) is 1. The molecule has 0 unspecified atom stereocenters. The number of aromatic amines is 1. The Morgan fingerprint density at radius 1 is 0.963 bits per heavy atom. The number of thioether (sulfide) groups is 1. The van der Waals surface area contributed by atoms with Gasteiger partial charge in [-0.1, -0.05) is 53.7 Å². The average Bonchev–Trinajstić information content (AvgIpc) is 2.67. The number of benzene rings is 2. The van der Waals surface area contributed by atoms with Crippen molar-refractivity contribution in [2.75, 3.05) is 0 Å². The van der Waals surface area contributed by atoms with Gasteiger partial charge in [0.25, 0.3) is 5.56 Å². The highest BCUT2D eigenvalue weighted by Gasteiger charge is 2.08. The van der Waals surface area contributed by atoms with Crippen LogP contribution in [-0.4, -0.2) is 19.9 Å². The smallest absolute Gasteiger partial charge is 0.258 e. The summed E-state index contributed by atoms with van der Waals surface area (Å²) < 4.78 is 0. The largest absolute Gasteiger partial charge is 0.309 e. The molecule has 27 heavy (non-hydrogen) atoms. The number of H-pyrrole nitrogens is 1. The van der Waals surface area contributed by atoms with Gasteiger partial charge >= 0.3 is 0 Å². The van der Waals surface area contributed by atoms with Crippen LogP contribution in [0.4, 0.5) is 0 Å². The van der Waals surface area contributed by atoms with Crippen LogP contribution < -0.4 is 5.56 Å². The fraction of sp³-hybridized carbons (Fsp3) is 0.143. The predicted molar refractivity (Wildman–Crippen MR) is 109 cm³/mol. The van der Waals surface area contributed by atoms with Crippen molar-refractivity contribution < 1.29 is 0 Å². The fourth-order valence-corrected chi connectivity index (χ4v) is 3.59. The van der Waals surface area contributed by atoms with Gasteiger partial charge in [0.15, 0.2) is 5.16 Å². The zero-order valence-electron chi connectivity index (χ0n) is 15.1. The highest BCUT2D eigenvalue weighted by atomic mass is 32.2. The normalized spacial score (nSPS) is 11.0. The Labute approximate surface area is 160 Å². The third-order valence-electron chi connectivity index (χ3n) is 4.18.